The Labute approximate surface area is 165 Å². The highest BCUT2D eigenvalue weighted by Crippen LogP contribution is 2.28. The zero-order valence-electron chi connectivity index (χ0n) is 16.1. The molecule has 2 aromatic rings. The van der Waals surface area contributed by atoms with Gasteiger partial charge in [0, 0.05) is 48.9 Å². The average Bonchev–Trinajstić information content (AvgIpc) is 3.02. The van der Waals surface area contributed by atoms with E-state index in [9.17, 15) is 4.79 Å². The summed E-state index contributed by atoms with van der Waals surface area (Å²) in [6.07, 6.45) is 0.972. The lowest BCUT2D eigenvalue weighted by Gasteiger charge is -2.27. The monoisotopic (exact) mass is 388 g/mol. The van der Waals surface area contributed by atoms with Crippen LogP contribution in [0.15, 0.2) is 33.7 Å². The van der Waals surface area contributed by atoms with Gasteiger partial charge in [0.1, 0.15) is 5.76 Å². The standard InChI is InChI=1S/C20H28N4O2S/c1-15-18(16(2)26-23-15)14-27-19-7-4-3-6-17(19)20(25)22-8-5-11-24-12-9-21-10-13-24/h3-4,6-7,21H,5,8-14H2,1-2H3,(H,22,25). The first-order valence-corrected chi connectivity index (χ1v) is 10.5. The number of thioether (sulfide) groups is 1. The molecule has 1 aromatic heterocycles. The zero-order chi connectivity index (χ0) is 19.1. The molecule has 0 radical (unpaired) electrons. The molecule has 2 N–H and O–H groups in total. The van der Waals surface area contributed by atoms with Crippen LogP contribution in [0.4, 0.5) is 0 Å². The fraction of sp³-hybridized carbons (Fsp3) is 0.500. The highest BCUT2D eigenvalue weighted by atomic mass is 32.2. The van der Waals surface area contributed by atoms with Gasteiger partial charge in [0.2, 0.25) is 0 Å². The quantitative estimate of drug-likeness (QED) is 0.535. The number of carbonyl (C=O) groups is 1. The van der Waals surface area contributed by atoms with E-state index in [1.165, 1.54) is 0 Å². The van der Waals surface area contributed by atoms with E-state index >= 15 is 0 Å². The summed E-state index contributed by atoms with van der Waals surface area (Å²) in [5, 5.41) is 10.4. The van der Waals surface area contributed by atoms with E-state index in [4.69, 9.17) is 4.52 Å². The fourth-order valence-corrected chi connectivity index (χ4v) is 4.38. The molecule has 146 valence electrons. The Morgan fingerprint density at radius 3 is 2.81 bits per heavy atom. The topological polar surface area (TPSA) is 70.4 Å². The van der Waals surface area contributed by atoms with Crippen LogP contribution in [0.3, 0.4) is 0 Å². The van der Waals surface area contributed by atoms with Crippen LogP contribution in [-0.4, -0.2) is 55.2 Å². The summed E-state index contributed by atoms with van der Waals surface area (Å²) in [6, 6.07) is 7.77. The maximum Gasteiger partial charge on any atom is 0.252 e. The van der Waals surface area contributed by atoms with E-state index in [0.29, 0.717) is 6.54 Å². The Morgan fingerprint density at radius 2 is 2.07 bits per heavy atom. The van der Waals surface area contributed by atoms with Gasteiger partial charge in [-0.15, -0.1) is 11.8 Å². The van der Waals surface area contributed by atoms with Crippen molar-refractivity contribution < 1.29 is 9.32 Å². The molecule has 0 unspecified atom stereocenters. The number of aryl methyl sites for hydroxylation is 2. The molecule has 1 aliphatic heterocycles. The predicted octanol–water partition coefficient (Wildman–Crippen LogP) is 2.61. The van der Waals surface area contributed by atoms with Crippen LogP contribution >= 0.6 is 11.8 Å². The van der Waals surface area contributed by atoms with E-state index in [-0.39, 0.29) is 5.91 Å². The van der Waals surface area contributed by atoms with Gasteiger partial charge < -0.3 is 20.1 Å². The van der Waals surface area contributed by atoms with E-state index < -0.39 is 0 Å². The Morgan fingerprint density at radius 1 is 1.30 bits per heavy atom. The molecule has 6 nitrogen and oxygen atoms in total. The number of piperazine rings is 1. The van der Waals surface area contributed by atoms with Gasteiger partial charge in [0.25, 0.3) is 5.91 Å². The summed E-state index contributed by atoms with van der Waals surface area (Å²) in [5.74, 6) is 1.58. The third-order valence-electron chi connectivity index (χ3n) is 4.83. The first-order chi connectivity index (χ1) is 13.1. The van der Waals surface area contributed by atoms with Crippen molar-refractivity contribution in [1.29, 1.82) is 0 Å². The minimum Gasteiger partial charge on any atom is -0.361 e. The number of carbonyl (C=O) groups excluding carboxylic acids is 1. The Bertz CT molecular complexity index is 737. The number of hydrogen-bond acceptors (Lipinski definition) is 6. The molecule has 7 heteroatoms. The first kappa shape index (κ1) is 19.9. The lowest BCUT2D eigenvalue weighted by atomic mass is 10.2. The summed E-state index contributed by atoms with van der Waals surface area (Å²) in [6.45, 7) is 9.90. The SMILES string of the molecule is Cc1noc(C)c1CSc1ccccc1C(=O)NCCCN1CCNCC1. The van der Waals surface area contributed by atoms with Gasteiger partial charge in [-0.3, -0.25) is 4.79 Å². The van der Waals surface area contributed by atoms with E-state index in [1.54, 1.807) is 11.8 Å². The number of amides is 1. The van der Waals surface area contributed by atoms with Crippen LogP contribution in [0.1, 0.15) is 33.8 Å². The summed E-state index contributed by atoms with van der Waals surface area (Å²) < 4.78 is 5.23. The smallest absolute Gasteiger partial charge is 0.252 e. The van der Waals surface area contributed by atoms with Gasteiger partial charge in [-0.05, 0) is 38.9 Å². The van der Waals surface area contributed by atoms with Crippen molar-refractivity contribution in [2.75, 3.05) is 39.3 Å². The average molecular weight is 389 g/mol. The van der Waals surface area contributed by atoms with Crippen molar-refractivity contribution >= 4 is 17.7 Å². The molecule has 0 aliphatic carbocycles. The molecular formula is C20H28N4O2S. The summed E-state index contributed by atoms with van der Waals surface area (Å²) in [5.41, 5.74) is 2.75. The number of nitrogens with zero attached hydrogens (tertiary/aromatic N) is 2. The number of rotatable bonds is 8. The van der Waals surface area contributed by atoms with Crippen LogP contribution in [0.5, 0.6) is 0 Å². The molecule has 1 amide bonds. The van der Waals surface area contributed by atoms with E-state index in [0.717, 1.165) is 72.4 Å². The predicted molar refractivity (Wildman–Crippen MR) is 108 cm³/mol. The molecule has 0 atom stereocenters. The molecule has 0 bridgehead atoms. The van der Waals surface area contributed by atoms with Crippen molar-refractivity contribution in [1.82, 2.24) is 20.7 Å². The molecule has 1 aromatic carbocycles. The van der Waals surface area contributed by atoms with Crippen LogP contribution in [0.2, 0.25) is 0 Å². The molecule has 1 aliphatic rings. The lowest BCUT2D eigenvalue weighted by Crippen LogP contribution is -2.44. The second kappa shape index (κ2) is 9.92. The number of hydrogen-bond donors (Lipinski definition) is 2. The molecule has 27 heavy (non-hydrogen) atoms. The van der Waals surface area contributed by atoms with Crippen molar-refractivity contribution in [3.63, 3.8) is 0 Å². The first-order valence-electron chi connectivity index (χ1n) is 9.50. The lowest BCUT2D eigenvalue weighted by molar-refractivity contribution is 0.0948. The van der Waals surface area contributed by atoms with Crippen LogP contribution in [0.25, 0.3) is 0 Å². The summed E-state index contributed by atoms with van der Waals surface area (Å²) >= 11 is 1.65. The normalized spacial score (nSPS) is 15.0. The molecular weight excluding hydrogens is 360 g/mol. The van der Waals surface area contributed by atoms with Gasteiger partial charge in [-0.2, -0.15) is 0 Å². The Hall–Kier alpha value is -1.83. The largest absolute Gasteiger partial charge is 0.361 e. The second-order valence-electron chi connectivity index (χ2n) is 6.79. The van der Waals surface area contributed by atoms with Gasteiger partial charge in [-0.1, -0.05) is 17.3 Å². The molecule has 1 fully saturated rings. The highest BCUT2D eigenvalue weighted by molar-refractivity contribution is 7.98. The van der Waals surface area contributed by atoms with Crippen LogP contribution < -0.4 is 10.6 Å². The van der Waals surface area contributed by atoms with Crippen molar-refractivity contribution in [3.8, 4) is 0 Å². The molecule has 0 saturated carbocycles. The molecule has 1 saturated heterocycles. The van der Waals surface area contributed by atoms with Gasteiger partial charge >= 0.3 is 0 Å². The zero-order valence-corrected chi connectivity index (χ0v) is 16.9. The van der Waals surface area contributed by atoms with Gasteiger partial charge in [-0.25, -0.2) is 0 Å². The molecule has 0 spiro atoms. The van der Waals surface area contributed by atoms with Gasteiger partial charge in [0.15, 0.2) is 0 Å². The van der Waals surface area contributed by atoms with Crippen molar-refractivity contribution in [2.45, 2.75) is 30.9 Å². The van der Waals surface area contributed by atoms with Crippen LogP contribution in [-0.2, 0) is 5.75 Å². The summed E-state index contributed by atoms with van der Waals surface area (Å²) in [7, 11) is 0. The molecule has 3 rings (SSSR count). The second-order valence-corrected chi connectivity index (χ2v) is 7.81. The molecule has 2 heterocycles. The maximum absolute atomic E-state index is 12.6. The number of aromatic nitrogens is 1. The van der Waals surface area contributed by atoms with Crippen LogP contribution in [0, 0.1) is 13.8 Å². The van der Waals surface area contributed by atoms with Crippen molar-refractivity contribution in [2.24, 2.45) is 0 Å². The summed E-state index contributed by atoms with van der Waals surface area (Å²) in [4.78, 5) is 16.1. The van der Waals surface area contributed by atoms with Gasteiger partial charge in [0.05, 0.1) is 11.3 Å². The maximum atomic E-state index is 12.6. The van der Waals surface area contributed by atoms with Crippen molar-refractivity contribution in [3.05, 3.63) is 46.8 Å². The Balaban J connectivity index is 1.50. The van der Waals surface area contributed by atoms with E-state index in [1.807, 2.05) is 38.1 Å². The van der Waals surface area contributed by atoms with E-state index in [2.05, 4.69) is 20.7 Å². The number of benzene rings is 1. The Kier molecular flexibility index (Phi) is 7.32. The third kappa shape index (κ3) is 5.57. The number of nitrogens with one attached hydrogen (secondary N) is 2. The third-order valence-corrected chi connectivity index (χ3v) is 5.93. The fourth-order valence-electron chi connectivity index (χ4n) is 3.17. The minimum absolute atomic E-state index is 0.00262. The highest BCUT2D eigenvalue weighted by Gasteiger charge is 2.14. The minimum atomic E-state index is -0.00262.